The molecule has 0 radical (unpaired) electrons. The third kappa shape index (κ3) is 2.51. The van der Waals surface area contributed by atoms with Crippen molar-refractivity contribution in [2.45, 2.75) is 0 Å². The second-order valence-electron chi connectivity index (χ2n) is 4.24. The fourth-order valence-corrected chi connectivity index (χ4v) is 1.93. The maximum Gasteiger partial charge on any atom is 0.311 e. The van der Waals surface area contributed by atoms with Crippen molar-refractivity contribution in [3.63, 3.8) is 0 Å². The molecule has 0 unspecified atom stereocenters. The van der Waals surface area contributed by atoms with Gasteiger partial charge in [0.2, 0.25) is 11.7 Å². The average Bonchev–Trinajstić information content (AvgIpc) is 2.38. The van der Waals surface area contributed by atoms with Gasteiger partial charge in [0.1, 0.15) is 0 Å². The SMILES string of the molecule is COc1ccc([N+](=O)[O-])c(N2CCN(C)CC2)n1. The Kier molecular flexibility index (Phi) is 3.61. The number of ether oxygens (including phenoxy) is 1. The molecule has 1 aromatic heterocycles. The van der Waals surface area contributed by atoms with Crippen molar-refractivity contribution in [2.75, 3.05) is 45.2 Å². The number of hydrogen-bond acceptors (Lipinski definition) is 6. The molecular weight excluding hydrogens is 236 g/mol. The quantitative estimate of drug-likeness (QED) is 0.584. The van der Waals surface area contributed by atoms with Gasteiger partial charge < -0.3 is 14.5 Å². The van der Waals surface area contributed by atoms with Crippen LogP contribution in [0.1, 0.15) is 0 Å². The molecule has 2 heterocycles. The van der Waals surface area contributed by atoms with Crippen LogP contribution < -0.4 is 9.64 Å². The van der Waals surface area contributed by atoms with Crippen LogP contribution in [-0.2, 0) is 0 Å². The van der Waals surface area contributed by atoms with Crippen molar-refractivity contribution in [3.8, 4) is 5.88 Å². The molecule has 0 saturated carbocycles. The van der Waals surface area contributed by atoms with Gasteiger partial charge in [-0.2, -0.15) is 4.98 Å². The number of nitrogens with zero attached hydrogens (tertiary/aromatic N) is 4. The number of methoxy groups -OCH3 is 1. The topological polar surface area (TPSA) is 71.7 Å². The number of aromatic nitrogens is 1. The summed E-state index contributed by atoms with van der Waals surface area (Å²) >= 11 is 0. The Hall–Kier alpha value is -1.89. The Bertz CT molecular complexity index is 444. The molecule has 1 fully saturated rings. The lowest BCUT2D eigenvalue weighted by molar-refractivity contribution is -0.384. The summed E-state index contributed by atoms with van der Waals surface area (Å²) in [7, 11) is 3.53. The summed E-state index contributed by atoms with van der Waals surface area (Å²) < 4.78 is 5.03. The lowest BCUT2D eigenvalue weighted by Gasteiger charge is -2.32. The number of rotatable bonds is 3. The molecule has 0 amide bonds. The van der Waals surface area contributed by atoms with E-state index in [1.54, 1.807) is 0 Å². The molecule has 0 spiro atoms. The highest BCUT2D eigenvalue weighted by Crippen LogP contribution is 2.28. The van der Waals surface area contributed by atoms with E-state index in [2.05, 4.69) is 9.88 Å². The lowest BCUT2D eigenvalue weighted by atomic mass is 10.3. The number of hydrogen-bond donors (Lipinski definition) is 0. The van der Waals surface area contributed by atoms with Crippen LogP contribution in [0, 0.1) is 10.1 Å². The van der Waals surface area contributed by atoms with E-state index in [-0.39, 0.29) is 5.69 Å². The van der Waals surface area contributed by atoms with E-state index >= 15 is 0 Å². The average molecular weight is 252 g/mol. The van der Waals surface area contributed by atoms with Crippen LogP contribution in [0.4, 0.5) is 11.5 Å². The fraction of sp³-hybridized carbons (Fsp3) is 0.545. The van der Waals surface area contributed by atoms with Gasteiger partial charge in [-0.05, 0) is 7.05 Å². The molecule has 1 aliphatic heterocycles. The molecule has 98 valence electrons. The van der Waals surface area contributed by atoms with E-state index in [4.69, 9.17) is 4.74 Å². The minimum absolute atomic E-state index is 0.0281. The number of pyridine rings is 1. The van der Waals surface area contributed by atoms with Crippen molar-refractivity contribution < 1.29 is 9.66 Å². The second kappa shape index (κ2) is 5.18. The zero-order valence-electron chi connectivity index (χ0n) is 10.5. The Morgan fingerprint density at radius 3 is 2.56 bits per heavy atom. The molecule has 1 aliphatic rings. The fourth-order valence-electron chi connectivity index (χ4n) is 1.93. The lowest BCUT2D eigenvalue weighted by Crippen LogP contribution is -2.45. The smallest absolute Gasteiger partial charge is 0.311 e. The summed E-state index contributed by atoms with van der Waals surface area (Å²) in [6.45, 7) is 3.21. The van der Waals surface area contributed by atoms with Crippen molar-refractivity contribution in [2.24, 2.45) is 0 Å². The summed E-state index contributed by atoms with van der Waals surface area (Å²) in [6.07, 6.45) is 0. The Labute approximate surface area is 105 Å². The zero-order chi connectivity index (χ0) is 13.1. The highest BCUT2D eigenvalue weighted by molar-refractivity contribution is 5.59. The van der Waals surface area contributed by atoms with Crippen molar-refractivity contribution in [1.29, 1.82) is 0 Å². The zero-order valence-corrected chi connectivity index (χ0v) is 10.5. The second-order valence-corrected chi connectivity index (χ2v) is 4.24. The number of piperazine rings is 1. The molecule has 7 heteroatoms. The predicted molar refractivity (Wildman–Crippen MR) is 67.2 cm³/mol. The minimum Gasteiger partial charge on any atom is -0.481 e. The molecule has 0 bridgehead atoms. The van der Waals surface area contributed by atoms with Crippen molar-refractivity contribution >= 4 is 11.5 Å². The molecular formula is C11H16N4O3. The summed E-state index contributed by atoms with van der Waals surface area (Å²) in [5, 5.41) is 11.0. The van der Waals surface area contributed by atoms with Gasteiger partial charge in [-0.15, -0.1) is 0 Å². The van der Waals surface area contributed by atoms with Crippen LogP contribution in [0.3, 0.4) is 0 Å². The molecule has 1 saturated heterocycles. The van der Waals surface area contributed by atoms with E-state index in [1.165, 1.54) is 19.2 Å². The molecule has 1 aromatic rings. The number of nitro groups is 1. The normalized spacial score (nSPS) is 16.7. The van der Waals surface area contributed by atoms with E-state index in [0.717, 1.165) is 26.2 Å². The first-order chi connectivity index (χ1) is 8.61. The van der Waals surface area contributed by atoms with Gasteiger partial charge in [0.15, 0.2) is 0 Å². The van der Waals surface area contributed by atoms with Gasteiger partial charge in [0.25, 0.3) is 0 Å². The third-order valence-corrected chi connectivity index (χ3v) is 3.04. The van der Waals surface area contributed by atoms with Crippen LogP contribution in [-0.4, -0.2) is 55.1 Å². The van der Waals surface area contributed by atoms with Crippen LogP contribution in [0.25, 0.3) is 0 Å². The molecule has 18 heavy (non-hydrogen) atoms. The number of anilines is 1. The number of likely N-dealkylation sites (N-methyl/N-ethyl adjacent to an activating group) is 1. The van der Waals surface area contributed by atoms with E-state index < -0.39 is 4.92 Å². The first-order valence-electron chi connectivity index (χ1n) is 5.74. The summed E-state index contributed by atoms with van der Waals surface area (Å²) in [4.78, 5) is 18.9. The Morgan fingerprint density at radius 2 is 2.00 bits per heavy atom. The standard InChI is InChI=1S/C11H16N4O3/c1-13-5-7-14(8-6-13)11-9(15(16)17)3-4-10(12-11)18-2/h3-4H,5-8H2,1-2H3. The molecule has 7 nitrogen and oxygen atoms in total. The van der Waals surface area contributed by atoms with Crippen LogP contribution in [0.15, 0.2) is 12.1 Å². The van der Waals surface area contributed by atoms with Gasteiger partial charge in [-0.3, -0.25) is 10.1 Å². The van der Waals surface area contributed by atoms with Gasteiger partial charge in [-0.25, -0.2) is 0 Å². The van der Waals surface area contributed by atoms with E-state index in [9.17, 15) is 10.1 Å². The first-order valence-corrected chi connectivity index (χ1v) is 5.74. The first kappa shape index (κ1) is 12.6. The van der Waals surface area contributed by atoms with Gasteiger partial charge >= 0.3 is 5.69 Å². The van der Waals surface area contributed by atoms with Gasteiger partial charge in [0, 0.05) is 38.3 Å². The summed E-state index contributed by atoms with van der Waals surface area (Å²) in [6, 6.07) is 2.96. The van der Waals surface area contributed by atoms with Crippen LogP contribution in [0.2, 0.25) is 0 Å². The Balaban J connectivity index is 2.31. The third-order valence-electron chi connectivity index (χ3n) is 3.04. The largest absolute Gasteiger partial charge is 0.481 e. The molecule has 0 aromatic carbocycles. The maximum atomic E-state index is 11.0. The molecule has 0 atom stereocenters. The predicted octanol–water partition coefficient (Wildman–Crippen LogP) is 0.750. The van der Waals surface area contributed by atoms with E-state index in [0.29, 0.717) is 11.7 Å². The van der Waals surface area contributed by atoms with Crippen molar-refractivity contribution in [3.05, 3.63) is 22.2 Å². The van der Waals surface area contributed by atoms with Gasteiger partial charge in [0.05, 0.1) is 12.0 Å². The maximum absolute atomic E-state index is 11.0. The highest BCUT2D eigenvalue weighted by Gasteiger charge is 2.24. The van der Waals surface area contributed by atoms with Crippen LogP contribution in [0.5, 0.6) is 5.88 Å². The van der Waals surface area contributed by atoms with Crippen LogP contribution >= 0.6 is 0 Å². The summed E-state index contributed by atoms with van der Waals surface area (Å²) in [5.41, 5.74) is 0.0281. The van der Waals surface area contributed by atoms with E-state index in [1.807, 2.05) is 11.9 Å². The molecule has 0 N–H and O–H groups in total. The molecule has 0 aliphatic carbocycles. The monoisotopic (exact) mass is 252 g/mol. The Morgan fingerprint density at radius 1 is 1.33 bits per heavy atom. The molecule has 2 rings (SSSR count). The minimum atomic E-state index is -0.403. The van der Waals surface area contributed by atoms with Gasteiger partial charge in [-0.1, -0.05) is 0 Å². The summed E-state index contributed by atoms with van der Waals surface area (Å²) in [5.74, 6) is 0.793. The highest BCUT2D eigenvalue weighted by atomic mass is 16.6. The van der Waals surface area contributed by atoms with Crippen molar-refractivity contribution in [1.82, 2.24) is 9.88 Å².